The van der Waals surface area contributed by atoms with Crippen LogP contribution in [0.3, 0.4) is 0 Å². The second-order valence-corrected chi connectivity index (χ2v) is 6.74. The van der Waals surface area contributed by atoms with Gasteiger partial charge in [-0.2, -0.15) is 0 Å². The Balaban J connectivity index is 2.08. The SMILES string of the molecule is CCc1cc2c(Nc3c(Cl)cc(Cl)cc3Cl)ncnc2s1. The van der Waals surface area contributed by atoms with Gasteiger partial charge in [-0.15, -0.1) is 11.3 Å². The summed E-state index contributed by atoms with van der Waals surface area (Å²) >= 11 is 20.0. The Labute approximate surface area is 140 Å². The molecule has 1 aromatic carbocycles. The molecule has 2 heterocycles. The van der Waals surface area contributed by atoms with Crippen molar-refractivity contribution >= 4 is 67.9 Å². The molecule has 0 fully saturated rings. The van der Waals surface area contributed by atoms with Gasteiger partial charge >= 0.3 is 0 Å². The van der Waals surface area contributed by atoms with Gasteiger partial charge in [-0.1, -0.05) is 41.7 Å². The van der Waals surface area contributed by atoms with Gasteiger partial charge in [-0.05, 0) is 24.6 Å². The molecule has 0 aliphatic heterocycles. The number of hydrogen-bond donors (Lipinski definition) is 1. The fourth-order valence-corrected chi connectivity index (χ4v) is 3.81. The van der Waals surface area contributed by atoms with E-state index in [2.05, 4.69) is 28.3 Å². The lowest BCUT2D eigenvalue weighted by atomic mass is 10.2. The molecule has 3 nitrogen and oxygen atoms in total. The molecule has 0 atom stereocenters. The highest BCUT2D eigenvalue weighted by atomic mass is 35.5. The minimum absolute atomic E-state index is 0.449. The molecule has 0 saturated carbocycles. The van der Waals surface area contributed by atoms with E-state index in [0.717, 1.165) is 16.6 Å². The second-order valence-electron chi connectivity index (χ2n) is 4.38. The number of nitrogens with one attached hydrogen (secondary N) is 1. The van der Waals surface area contributed by atoms with Gasteiger partial charge < -0.3 is 5.32 Å². The van der Waals surface area contributed by atoms with Crippen molar-refractivity contribution in [3.63, 3.8) is 0 Å². The molecule has 0 radical (unpaired) electrons. The van der Waals surface area contributed by atoms with Crippen LogP contribution in [0.1, 0.15) is 11.8 Å². The van der Waals surface area contributed by atoms with Crippen LogP contribution in [0.2, 0.25) is 15.1 Å². The van der Waals surface area contributed by atoms with Crippen molar-refractivity contribution in [2.75, 3.05) is 5.32 Å². The maximum absolute atomic E-state index is 6.20. The normalized spacial score (nSPS) is 11.0. The van der Waals surface area contributed by atoms with Crippen LogP contribution in [0, 0.1) is 0 Å². The average molecular weight is 359 g/mol. The standard InChI is InChI=1S/C14H10Cl3N3S/c1-2-8-5-9-13(18-6-19-14(9)21-8)20-12-10(16)3-7(15)4-11(12)17/h3-6H,2H2,1H3,(H,18,19,20). The van der Waals surface area contributed by atoms with E-state index in [0.29, 0.717) is 26.6 Å². The fraction of sp³-hybridized carbons (Fsp3) is 0.143. The number of thiophene rings is 1. The van der Waals surface area contributed by atoms with Crippen molar-refractivity contribution in [2.24, 2.45) is 0 Å². The summed E-state index contributed by atoms with van der Waals surface area (Å²) in [5.41, 5.74) is 0.590. The van der Waals surface area contributed by atoms with Crippen LogP contribution < -0.4 is 5.32 Å². The molecule has 2 aromatic heterocycles. The number of aryl methyl sites for hydroxylation is 1. The Morgan fingerprint density at radius 1 is 1.10 bits per heavy atom. The third kappa shape index (κ3) is 2.94. The molecular weight excluding hydrogens is 349 g/mol. The first-order chi connectivity index (χ1) is 10.1. The minimum atomic E-state index is 0.449. The lowest BCUT2D eigenvalue weighted by molar-refractivity contribution is 1.19. The summed E-state index contributed by atoms with van der Waals surface area (Å²) < 4.78 is 0. The van der Waals surface area contributed by atoms with Gasteiger partial charge in [0.1, 0.15) is 17.0 Å². The molecule has 108 valence electrons. The Hall–Kier alpha value is -1.07. The first-order valence-electron chi connectivity index (χ1n) is 6.23. The summed E-state index contributed by atoms with van der Waals surface area (Å²) in [6.07, 6.45) is 2.49. The topological polar surface area (TPSA) is 37.8 Å². The molecule has 1 N–H and O–H groups in total. The van der Waals surface area contributed by atoms with Crippen molar-refractivity contribution in [3.8, 4) is 0 Å². The van der Waals surface area contributed by atoms with E-state index in [4.69, 9.17) is 34.8 Å². The number of hydrogen-bond acceptors (Lipinski definition) is 4. The largest absolute Gasteiger partial charge is 0.337 e. The van der Waals surface area contributed by atoms with Gasteiger partial charge in [-0.25, -0.2) is 9.97 Å². The molecule has 0 unspecified atom stereocenters. The van der Waals surface area contributed by atoms with Crippen LogP contribution in [0.5, 0.6) is 0 Å². The summed E-state index contributed by atoms with van der Waals surface area (Å²) in [6, 6.07) is 5.36. The number of nitrogens with zero attached hydrogens (tertiary/aromatic N) is 2. The smallest absolute Gasteiger partial charge is 0.142 e. The van der Waals surface area contributed by atoms with Crippen LogP contribution >= 0.6 is 46.1 Å². The Morgan fingerprint density at radius 3 is 2.48 bits per heavy atom. The molecular formula is C14H10Cl3N3S. The quantitative estimate of drug-likeness (QED) is 0.628. The second kappa shape index (κ2) is 5.97. The van der Waals surface area contributed by atoms with Crippen molar-refractivity contribution < 1.29 is 0 Å². The monoisotopic (exact) mass is 357 g/mol. The predicted octanol–water partition coefficient (Wildman–Crippen LogP) is 5.96. The zero-order valence-electron chi connectivity index (χ0n) is 11.0. The first kappa shape index (κ1) is 14.9. The summed E-state index contributed by atoms with van der Waals surface area (Å²) in [6.45, 7) is 2.11. The van der Waals surface area contributed by atoms with E-state index in [1.807, 2.05) is 0 Å². The van der Waals surface area contributed by atoms with Crippen LogP contribution in [-0.4, -0.2) is 9.97 Å². The van der Waals surface area contributed by atoms with Crippen molar-refractivity contribution in [1.29, 1.82) is 0 Å². The first-order valence-corrected chi connectivity index (χ1v) is 8.18. The molecule has 0 bridgehead atoms. The predicted molar refractivity (Wildman–Crippen MR) is 91.5 cm³/mol. The average Bonchev–Trinajstić information content (AvgIpc) is 2.86. The van der Waals surface area contributed by atoms with E-state index in [1.54, 1.807) is 23.5 Å². The summed E-state index contributed by atoms with van der Waals surface area (Å²) in [5, 5.41) is 5.53. The molecule has 0 spiro atoms. The molecule has 0 saturated heterocycles. The van der Waals surface area contributed by atoms with Crippen LogP contribution in [0.4, 0.5) is 11.5 Å². The number of halogens is 3. The summed E-state index contributed by atoms with van der Waals surface area (Å²) in [5.74, 6) is 0.682. The van der Waals surface area contributed by atoms with Gasteiger partial charge in [0.05, 0.1) is 21.1 Å². The highest BCUT2D eigenvalue weighted by Gasteiger charge is 2.12. The Morgan fingerprint density at radius 2 is 1.81 bits per heavy atom. The van der Waals surface area contributed by atoms with Crippen molar-refractivity contribution in [1.82, 2.24) is 9.97 Å². The number of anilines is 2. The zero-order chi connectivity index (χ0) is 15.0. The number of aromatic nitrogens is 2. The summed E-state index contributed by atoms with van der Waals surface area (Å²) in [4.78, 5) is 10.8. The third-order valence-electron chi connectivity index (χ3n) is 2.98. The molecule has 0 aliphatic carbocycles. The van der Waals surface area contributed by atoms with Gasteiger partial charge in [0.2, 0.25) is 0 Å². The lowest BCUT2D eigenvalue weighted by Gasteiger charge is -2.10. The van der Waals surface area contributed by atoms with Crippen LogP contribution in [0.25, 0.3) is 10.2 Å². The third-order valence-corrected chi connectivity index (χ3v) is 4.98. The minimum Gasteiger partial charge on any atom is -0.337 e. The van der Waals surface area contributed by atoms with E-state index in [1.165, 1.54) is 11.2 Å². The number of rotatable bonds is 3. The molecule has 0 aliphatic rings. The summed E-state index contributed by atoms with van der Waals surface area (Å²) in [7, 11) is 0. The van der Waals surface area contributed by atoms with Crippen LogP contribution in [-0.2, 0) is 6.42 Å². The molecule has 0 amide bonds. The van der Waals surface area contributed by atoms with Crippen LogP contribution in [0.15, 0.2) is 24.5 Å². The van der Waals surface area contributed by atoms with Crippen molar-refractivity contribution in [2.45, 2.75) is 13.3 Å². The van der Waals surface area contributed by atoms with E-state index in [-0.39, 0.29) is 0 Å². The van der Waals surface area contributed by atoms with E-state index < -0.39 is 0 Å². The fourth-order valence-electron chi connectivity index (χ4n) is 1.96. The van der Waals surface area contributed by atoms with E-state index in [9.17, 15) is 0 Å². The lowest BCUT2D eigenvalue weighted by Crippen LogP contribution is -1.96. The highest BCUT2D eigenvalue weighted by Crippen LogP contribution is 2.37. The molecule has 21 heavy (non-hydrogen) atoms. The van der Waals surface area contributed by atoms with Crippen molar-refractivity contribution in [3.05, 3.63) is 44.5 Å². The van der Waals surface area contributed by atoms with Gasteiger partial charge in [0, 0.05) is 9.90 Å². The Kier molecular flexibility index (Phi) is 4.22. The van der Waals surface area contributed by atoms with E-state index >= 15 is 0 Å². The maximum atomic E-state index is 6.20. The molecule has 3 aromatic rings. The maximum Gasteiger partial charge on any atom is 0.142 e. The Bertz CT molecular complexity index is 793. The highest BCUT2D eigenvalue weighted by molar-refractivity contribution is 7.18. The zero-order valence-corrected chi connectivity index (χ0v) is 14.0. The van der Waals surface area contributed by atoms with Gasteiger partial charge in [0.25, 0.3) is 0 Å². The number of benzene rings is 1. The molecule has 3 rings (SSSR count). The van der Waals surface area contributed by atoms with Gasteiger partial charge in [-0.3, -0.25) is 0 Å². The molecule has 7 heteroatoms. The van der Waals surface area contributed by atoms with Gasteiger partial charge in [0.15, 0.2) is 0 Å². The number of fused-ring (bicyclic) bond motifs is 1.